The third kappa shape index (κ3) is 0.562. The summed E-state index contributed by atoms with van der Waals surface area (Å²) < 4.78 is 0. The maximum atomic E-state index is 6.54. The predicted molar refractivity (Wildman–Crippen MR) is 29.6 cm³/mol. The lowest BCUT2D eigenvalue weighted by molar-refractivity contribution is 1.25. The molecule has 0 radical (unpaired) electrons. The lowest BCUT2D eigenvalue weighted by atomic mass is 10.5. The molecule has 40 valence electrons. The second-order valence-electron chi connectivity index (χ2n) is 1.46. The smallest absolute Gasteiger partial charge is 0.290 e. The summed E-state index contributed by atoms with van der Waals surface area (Å²) in [6.45, 7) is 8.36. The van der Waals surface area contributed by atoms with Gasteiger partial charge in [-0.3, -0.25) is 0 Å². The molecule has 0 unspecified atom stereocenters. The zero-order chi connectivity index (χ0) is 5.98. The summed E-state index contributed by atoms with van der Waals surface area (Å²) in [6, 6.07) is 0. The highest BCUT2D eigenvalue weighted by Crippen LogP contribution is 2.09. The monoisotopic (exact) mass is 107 g/mol. The minimum atomic E-state index is 0.463. The van der Waals surface area contributed by atoms with E-state index in [4.69, 9.17) is 6.57 Å². The van der Waals surface area contributed by atoms with Gasteiger partial charge in [0, 0.05) is 5.69 Å². The average Bonchev–Trinajstić information content (AvgIpc) is 2.14. The van der Waals surface area contributed by atoms with Crippen molar-refractivity contribution in [3.63, 3.8) is 0 Å². The third-order valence-corrected chi connectivity index (χ3v) is 0.909. The van der Waals surface area contributed by atoms with E-state index >= 15 is 0 Å². The second-order valence-corrected chi connectivity index (χ2v) is 1.46. The highest BCUT2D eigenvalue weighted by molar-refractivity contribution is 5.39. The van der Waals surface area contributed by atoms with Crippen molar-refractivity contribution < 1.29 is 0 Å². The number of aryl methyl sites for hydroxylation is 1. The van der Waals surface area contributed by atoms with Gasteiger partial charge in [-0.15, -0.1) is 4.98 Å². The Morgan fingerprint density at radius 2 is 2.62 bits per heavy atom. The quantitative estimate of drug-likeness (QED) is 0.497. The van der Waals surface area contributed by atoms with Crippen molar-refractivity contribution >= 4 is 5.82 Å². The molecule has 0 amide bonds. The minimum Gasteiger partial charge on any atom is -0.359 e. The van der Waals surface area contributed by atoms with E-state index < -0.39 is 0 Å². The largest absolute Gasteiger partial charge is 0.359 e. The molecule has 0 saturated carbocycles. The van der Waals surface area contributed by atoms with Gasteiger partial charge in [0.05, 0.1) is 0 Å². The Bertz CT molecular complexity index is 218. The lowest BCUT2D eigenvalue weighted by Crippen LogP contribution is -1.63. The molecule has 3 heteroatoms. The normalized spacial score (nSPS) is 8.50. The van der Waals surface area contributed by atoms with E-state index in [1.165, 1.54) is 6.33 Å². The molecule has 1 heterocycles. The van der Waals surface area contributed by atoms with Gasteiger partial charge in [-0.1, -0.05) is 6.57 Å². The van der Waals surface area contributed by atoms with Crippen molar-refractivity contribution in [2.75, 3.05) is 0 Å². The van der Waals surface area contributed by atoms with E-state index in [0.29, 0.717) is 5.82 Å². The van der Waals surface area contributed by atoms with Crippen molar-refractivity contribution in [3.05, 3.63) is 23.4 Å². The zero-order valence-corrected chi connectivity index (χ0v) is 4.47. The minimum absolute atomic E-state index is 0.463. The van der Waals surface area contributed by atoms with E-state index in [2.05, 4.69) is 14.8 Å². The van der Waals surface area contributed by atoms with E-state index in [9.17, 15) is 0 Å². The summed E-state index contributed by atoms with van der Waals surface area (Å²) in [7, 11) is 0. The van der Waals surface area contributed by atoms with Gasteiger partial charge in [-0.25, -0.2) is 0 Å². The summed E-state index contributed by atoms with van der Waals surface area (Å²) in [6.07, 6.45) is 1.52. The Kier molecular flexibility index (Phi) is 1.01. The fourth-order valence-corrected chi connectivity index (χ4v) is 0.464. The first-order valence-corrected chi connectivity index (χ1v) is 2.22. The van der Waals surface area contributed by atoms with Gasteiger partial charge in [0.2, 0.25) is 0 Å². The molecule has 0 saturated heterocycles. The summed E-state index contributed by atoms with van der Waals surface area (Å²) in [4.78, 5) is 9.66. The Balaban J connectivity index is 3.15. The lowest BCUT2D eigenvalue weighted by Gasteiger charge is -1.78. The summed E-state index contributed by atoms with van der Waals surface area (Å²) in [5, 5.41) is 0. The van der Waals surface area contributed by atoms with Crippen molar-refractivity contribution in [1.29, 1.82) is 0 Å². The first-order chi connectivity index (χ1) is 3.84. The molecule has 0 spiro atoms. The van der Waals surface area contributed by atoms with Crippen LogP contribution >= 0.6 is 0 Å². The molecule has 1 N–H and O–H groups in total. The van der Waals surface area contributed by atoms with Crippen LogP contribution in [0.3, 0.4) is 0 Å². The van der Waals surface area contributed by atoms with Gasteiger partial charge < -0.3 is 9.83 Å². The molecule has 0 fully saturated rings. The number of H-pyrrole nitrogens is 1. The first-order valence-electron chi connectivity index (χ1n) is 2.22. The molecule has 1 rings (SSSR count). The van der Waals surface area contributed by atoms with E-state index in [0.717, 1.165) is 5.69 Å². The molecular formula is C5H5N3. The van der Waals surface area contributed by atoms with Crippen molar-refractivity contribution in [1.82, 2.24) is 9.97 Å². The number of imidazole rings is 1. The van der Waals surface area contributed by atoms with Crippen LogP contribution in [0.2, 0.25) is 0 Å². The number of hydrogen-bond acceptors (Lipinski definition) is 1. The Labute approximate surface area is 47.2 Å². The predicted octanol–water partition coefficient (Wildman–Crippen LogP) is 1.27. The molecular weight excluding hydrogens is 102 g/mol. The number of hydrogen-bond donors (Lipinski definition) is 1. The molecule has 3 nitrogen and oxygen atoms in total. The highest BCUT2D eigenvalue weighted by Gasteiger charge is 1.95. The van der Waals surface area contributed by atoms with Gasteiger partial charge in [0.25, 0.3) is 5.82 Å². The van der Waals surface area contributed by atoms with Crippen LogP contribution in [0, 0.1) is 13.5 Å². The third-order valence-electron chi connectivity index (χ3n) is 0.909. The second kappa shape index (κ2) is 1.66. The molecule has 1 aromatic rings. The molecule has 0 bridgehead atoms. The zero-order valence-electron chi connectivity index (χ0n) is 4.47. The van der Waals surface area contributed by atoms with Gasteiger partial charge in [0.15, 0.2) is 6.33 Å². The van der Waals surface area contributed by atoms with Gasteiger partial charge in [-0.2, -0.15) is 0 Å². The SMILES string of the molecule is [C-]#[N+]c1nc[nH]c1C. The number of rotatable bonds is 0. The molecule has 0 atom stereocenters. The van der Waals surface area contributed by atoms with Crippen LogP contribution in [-0.2, 0) is 0 Å². The standard InChI is InChI=1S/C5H5N3/c1-4-5(6-2)8-3-7-4/h3H,1H3,(H,7,8). The maximum absolute atomic E-state index is 6.54. The van der Waals surface area contributed by atoms with Gasteiger partial charge >= 0.3 is 0 Å². The number of aromatic nitrogens is 2. The molecule has 0 aliphatic carbocycles. The van der Waals surface area contributed by atoms with Crippen molar-refractivity contribution in [2.45, 2.75) is 6.92 Å². The van der Waals surface area contributed by atoms with Crippen molar-refractivity contribution in [3.8, 4) is 0 Å². The van der Waals surface area contributed by atoms with Crippen LogP contribution in [0.15, 0.2) is 6.33 Å². The topological polar surface area (TPSA) is 33.0 Å². The fourth-order valence-electron chi connectivity index (χ4n) is 0.464. The fraction of sp³-hybridized carbons (Fsp3) is 0.200. The van der Waals surface area contributed by atoms with E-state index in [-0.39, 0.29) is 0 Å². The number of nitrogens with one attached hydrogen (secondary N) is 1. The Morgan fingerprint density at radius 1 is 1.88 bits per heavy atom. The first kappa shape index (κ1) is 4.85. The van der Waals surface area contributed by atoms with E-state index in [1.54, 1.807) is 0 Å². The van der Waals surface area contributed by atoms with Crippen LogP contribution in [-0.4, -0.2) is 9.97 Å². The van der Waals surface area contributed by atoms with Crippen LogP contribution in [0.25, 0.3) is 4.85 Å². The molecule has 8 heavy (non-hydrogen) atoms. The Hall–Kier alpha value is -1.30. The van der Waals surface area contributed by atoms with Crippen molar-refractivity contribution in [2.24, 2.45) is 0 Å². The van der Waals surface area contributed by atoms with Crippen LogP contribution < -0.4 is 0 Å². The maximum Gasteiger partial charge on any atom is 0.290 e. The van der Waals surface area contributed by atoms with Crippen LogP contribution in [0.1, 0.15) is 5.69 Å². The van der Waals surface area contributed by atoms with Gasteiger partial charge in [0.1, 0.15) is 0 Å². The summed E-state index contributed by atoms with van der Waals surface area (Å²) >= 11 is 0. The highest BCUT2D eigenvalue weighted by atomic mass is 15.0. The Morgan fingerprint density at radius 3 is 2.88 bits per heavy atom. The molecule has 0 aromatic carbocycles. The summed E-state index contributed by atoms with van der Waals surface area (Å²) in [5.74, 6) is 0.463. The average molecular weight is 107 g/mol. The van der Waals surface area contributed by atoms with Crippen LogP contribution in [0.4, 0.5) is 5.82 Å². The van der Waals surface area contributed by atoms with E-state index in [1.807, 2.05) is 6.92 Å². The number of nitrogens with zero attached hydrogens (tertiary/aromatic N) is 2. The molecule has 0 aliphatic rings. The molecule has 1 aromatic heterocycles. The molecule has 0 aliphatic heterocycles. The number of aromatic amines is 1. The summed E-state index contributed by atoms with van der Waals surface area (Å²) in [5.41, 5.74) is 0.833. The van der Waals surface area contributed by atoms with Crippen LogP contribution in [0.5, 0.6) is 0 Å². The van der Waals surface area contributed by atoms with Gasteiger partial charge in [-0.05, 0) is 6.92 Å².